The third-order valence-electron chi connectivity index (χ3n) is 5.39. The molecule has 6 heteroatoms. The maximum absolute atomic E-state index is 14.4. The number of fused-ring (bicyclic) bond motifs is 1. The van der Waals surface area contributed by atoms with Crippen molar-refractivity contribution in [3.8, 4) is 0 Å². The number of hydrogen-bond donors (Lipinski definition) is 0. The van der Waals surface area contributed by atoms with E-state index in [1.807, 2.05) is 37.3 Å². The van der Waals surface area contributed by atoms with Gasteiger partial charge in [-0.05, 0) is 35.8 Å². The summed E-state index contributed by atoms with van der Waals surface area (Å²) in [6.45, 7) is 2.82. The Labute approximate surface area is 183 Å². The lowest BCUT2D eigenvalue weighted by molar-refractivity contribution is -0.127. The number of carbonyl (C=O) groups excluding carboxylic acids is 1. The van der Waals surface area contributed by atoms with Gasteiger partial charge < -0.3 is 4.90 Å². The molecule has 154 valence electrons. The molecule has 0 radical (unpaired) electrons. The third kappa shape index (κ3) is 4.18. The average molecular weight is 444 g/mol. The Morgan fingerprint density at radius 3 is 2.57 bits per heavy atom. The summed E-state index contributed by atoms with van der Waals surface area (Å²) in [5.41, 5.74) is 3.21. The maximum atomic E-state index is 14.4. The van der Waals surface area contributed by atoms with Crippen LogP contribution < -0.4 is 0 Å². The van der Waals surface area contributed by atoms with E-state index in [1.165, 1.54) is 23.5 Å². The summed E-state index contributed by atoms with van der Waals surface area (Å²) < 4.78 is 29.6. The Morgan fingerprint density at radius 1 is 1.13 bits per heavy atom. The van der Waals surface area contributed by atoms with Gasteiger partial charge in [-0.15, -0.1) is 11.3 Å². The van der Waals surface area contributed by atoms with Crippen LogP contribution in [0.2, 0.25) is 4.34 Å². The minimum atomic E-state index is -3.21. The van der Waals surface area contributed by atoms with Crippen LogP contribution in [0.1, 0.15) is 33.0 Å². The highest BCUT2D eigenvalue weighted by Crippen LogP contribution is 2.41. The van der Waals surface area contributed by atoms with Crippen molar-refractivity contribution in [1.29, 1.82) is 0 Å². The summed E-state index contributed by atoms with van der Waals surface area (Å²) in [5, 5.41) is 0. The van der Waals surface area contributed by atoms with Gasteiger partial charge in [0.05, 0.1) is 10.9 Å². The molecule has 0 saturated heterocycles. The molecule has 1 atom stereocenters. The van der Waals surface area contributed by atoms with Crippen molar-refractivity contribution >= 4 is 28.8 Å². The molecule has 0 aliphatic carbocycles. The van der Waals surface area contributed by atoms with Crippen molar-refractivity contribution in [3.63, 3.8) is 0 Å². The van der Waals surface area contributed by atoms with Crippen molar-refractivity contribution in [2.24, 2.45) is 0 Å². The molecule has 0 fully saturated rings. The molecule has 3 aromatic rings. The Bertz CT molecular complexity index is 1090. The number of nitrogens with zero attached hydrogens (tertiary/aromatic N) is 1. The zero-order chi connectivity index (χ0) is 21.3. The zero-order valence-electron chi connectivity index (χ0n) is 16.3. The van der Waals surface area contributed by atoms with Gasteiger partial charge in [-0.3, -0.25) is 4.79 Å². The normalized spacial score (nSPS) is 16.7. The fourth-order valence-electron chi connectivity index (χ4n) is 3.83. The molecule has 4 rings (SSSR count). The highest BCUT2D eigenvalue weighted by molar-refractivity contribution is 7.16. The van der Waals surface area contributed by atoms with Crippen LogP contribution in [0.3, 0.4) is 0 Å². The molecule has 2 aromatic carbocycles. The lowest BCUT2D eigenvalue weighted by Gasteiger charge is -2.33. The van der Waals surface area contributed by atoms with E-state index in [0.717, 1.165) is 27.6 Å². The molecule has 0 saturated carbocycles. The number of thiophene rings is 1. The molecule has 30 heavy (non-hydrogen) atoms. The molecule has 0 N–H and O–H groups in total. The topological polar surface area (TPSA) is 20.3 Å². The number of carbonyl (C=O) groups is 1. The lowest BCUT2D eigenvalue weighted by atomic mass is 9.86. The second-order valence-corrected chi connectivity index (χ2v) is 9.15. The highest BCUT2D eigenvalue weighted by Gasteiger charge is 2.32. The molecule has 1 aliphatic heterocycles. The first-order valence-corrected chi connectivity index (χ1v) is 10.8. The highest BCUT2D eigenvalue weighted by atomic mass is 35.5. The number of hydrogen-bond acceptors (Lipinski definition) is 2. The number of aryl methyl sites for hydroxylation is 1. The summed E-state index contributed by atoms with van der Waals surface area (Å²) in [4.78, 5) is 15.4. The van der Waals surface area contributed by atoms with Crippen molar-refractivity contribution in [1.82, 2.24) is 4.90 Å². The van der Waals surface area contributed by atoms with E-state index in [-0.39, 0.29) is 11.5 Å². The van der Waals surface area contributed by atoms with Gasteiger partial charge in [0.25, 0.3) is 5.92 Å². The van der Waals surface area contributed by atoms with E-state index in [1.54, 1.807) is 23.1 Å². The van der Waals surface area contributed by atoms with Crippen LogP contribution in [-0.2, 0) is 17.3 Å². The predicted molar refractivity (Wildman–Crippen MR) is 117 cm³/mol. The van der Waals surface area contributed by atoms with E-state index in [2.05, 4.69) is 0 Å². The van der Waals surface area contributed by atoms with Gasteiger partial charge in [0.1, 0.15) is 0 Å². The number of allylic oxidation sites excluding steroid dienone is 1. The number of halogens is 3. The third-order valence-corrected chi connectivity index (χ3v) is 6.66. The molecule has 2 nitrogen and oxygen atoms in total. The van der Waals surface area contributed by atoms with Gasteiger partial charge >= 0.3 is 0 Å². The van der Waals surface area contributed by atoms with Gasteiger partial charge in [0, 0.05) is 29.0 Å². The van der Waals surface area contributed by atoms with E-state index in [9.17, 15) is 13.6 Å². The molecule has 1 aromatic heterocycles. The van der Waals surface area contributed by atoms with Gasteiger partial charge in [0.15, 0.2) is 0 Å². The molecular formula is C24H20ClF2NOS. The van der Waals surface area contributed by atoms with Crippen molar-refractivity contribution in [2.45, 2.75) is 25.3 Å². The standard InChI is InChI=1S/C24H20ClF2NOS/c1-16-7-5-6-10-18(16)20-14-28(15-21-19(20)13-22(25)30-21)23(29)11-12-24(26,27)17-8-3-2-4-9-17/h2-13,20H,14-15H2,1H3/b12-11+/t20-/m0/s1. The summed E-state index contributed by atoms with van der Waals surface area (Å²) in [6.07, 6.45) is 1.67. The quantitative estimate of drug-likeness (QED) is 0.419. The van der Waals surface area contributed by atoms with E-state index < -0.39 is 11.8 Å². The van der Waals surface area contributed by atoms with E-state index in [0.29, 0.717) is 23.5 Å². The van der Waals surface area contributed by atoms with Crippen molar-refractivity contribution < 1.29 is 13.6 Å². The van der Waals surface area contributed by atoms with Crippen LogP contribution in [0.4, 0.5) is 8.78 Å². The maximum Gasteiger partial charge on any atom is 0.292 e. The van der Waals surface area contributed by atoms with Crippen LogP contribution >= 0.6 is 22.9 Å². The van der Waals surface area contributed by atoms with Gasteiger partial charge in [-0.25, -0.2) is 0 Å². The van der Waals surface area contributed by atoms with Gasteiger partial charge in [-0.2, -0.15) is 8.78 Å². The second-order valence-electron chi connectivity index (χ2n) is 7.38. The summed E-state index contributed by atoms with van der Waals surface area (Å²) >= 11 is 7.70. The average Bonchev–Trinajstić information content (AvgIpc) is 3.12. The first kappa shape index (κ1) is 20.8. The van der Waals surface area contributed by atoms with Crippen LogP contribution in [0, 0.1) is 6.92 Å². The van der Waals surface area contributed by atoms with E-state index in [4.69, 9.17) is 11.6 Å². The Hall–Kier alpha value is -2.50. The Kier molecular flexibility index (Phi) is 5.76. The smallest absolute Gasteiger partial charge is 0.292 e. The summed E-state index contributed by atoms with van der Waals surface area (Å²) in [7, 11) is 0. The van der Waals surface area contributed by atoms with Gasteiger partial charge in [-0.1, -0.05) is 66.2 Å². The minimum Gasteiger partial charge on any atom is -0.333 e. The first-order valence-electron chi connectivity index (χ1n) is 9.60. The Balaban J connectivity index is 1.61. The summed E-state index contributed by atoms with van der Waals surface area (Å²) in [6, 6.07) is 17.5. The molecule has 0 unspecified atom stereocenters. The minimum absolute atomic E-state index is 0.0364. The number of alkyl halides is 2. The molecule has 1 aliphatic rings. The Morgan fingerprint density at radius 2 is 1.83 bits per heavy atom. The monoisotopic (exact) mass is 443 g/mol. The number of benzene rings is 2. The fourth-order valence-corrected chi connectivity index (χ4v) is 5.19. The van der Waals surface area contributed by atoms with E-state index >= 15 is 0 Å². The molecule has 0 spiro atoms. The van der Waals surface area contributed by atoms with Gasteiger partial charge in [0.2, 0.25) is 5.91 Å². The van der Waals surface area contributed by atoms with Crippen LogP contribution in [0.15, 0.2) is 72.8 Å². The second kappa shape index (κ2) is 8.32. The van der Waals surface area contributed by atoms with Crippen molar-refractivity contribution in [3.05, 3.63) is 104 Å². The predicted octanol–water partition coefficient (Wildman–Crippen LogP) is 6.53. The first-order chi connectivity index (χ1) is 14.3. The molecule has 1 amide bonds. The molecule has 2 heterocycles. The van der Waals surface area contributed by atoms with Crippen molar-refractivity contribution in [2.75, 3.05) is 6.54 Å². The summed E-state index contributed by atoms with van der Waals surface area (Å²) in [5.74, 6) is -3.68. The number of amides is 1. The lowest BCUT2D eigenvalue weighted by Crippen LogP contribution is -2.37. The van der Waals surface area contributed by atoms with Crippen LogP contribution in [0.25, 0.3) is 0 Å². The SMILES string of the molecule is Cc1ccccc1[C@@H]1CN(C(=O)/C=C/C(F)(F)c2ccccc2)Cc2sc(Cl)cc21. The largest absolute Gasteiger partial charge is 0.333 e. The fraction of sp³-hybridized carbons (Fsp3) is 0.208. The van der Waals surface area contributed by atoms with Crippen LogP contribution in [0.5, 0.6) is 0 Å². The molecule has 0 bridgehead atoms. The zero-order valence-corrected chi connectivity index (χ0v) is 17.9. The molecular weight excluding hydrogens is 424 g/mol. The number of rotatable bonds is 4. The van der Waals surface area contributed by atoms with Crippen LogP contribution in [-0.4, -0.2) is 17.4 Å².